The maximum atomic E-state index is 13.0. The molecule has 0 spiro atoms. The highest BCUT2D eigenvalue weighted by atomic mass is 16.5. The Balaban J connectivity index is 1.23. The first-order valence-corrected chi connectivity index (χ1v) is 10.8. The zero-order chi connectivity index (χ0) is 19.6. The van der Waals surface area contributed by atoms with Crippen LogP contribution in [0.5, 0.6) is 5.75 Å². The second-order valence-corrected chi connectivity index (χ2v) is 8.45. The van der Waals surface area contributed by atoms with E-state index in [1.165, 1.54) is 11.1 Å². The fourth-order valence-corrected chi connectivity index (χ4v) is 4.45. The van der Waals surface area contributed by atoms with Crippen molar-refractivity contribution in [3.8, 4) is 5.75 Å². The minimum absolute atomic E-state index is 0.158. The molecule has 0 radical (unpaired) electrons. The number of hydrogen-bond donors (Lipinski definition) is 1. The van der Waals surface area contributed by atoms with Crippen LogP contribution in [0.25, 0.3) is 0 Å². The Labute approximate surface area is 172 Å². The first-order chi connectivity index (χ1) is 14.3. The molecule has 1 amide bonds. The molecular weight excluding hydrogens is 362 g/mol. The van der Waals surface area contributed by atoms with E-state index >= 15 is 0 Å². The molecule has 1 saturated heterocycles. The molecule has 2 fully saturated rings. The van der Waals surface area contributed by atoms with Crippen LogP contribution in [0.4, 0.5) is 0 Å². The molecular formula is C24H29N3O2. The molecule has 1 N–H and O–H groups in total. The van der Waals surface area contributed by atoms with Crippen molar-refractivity contribution in [3.05, 3.63) is 65.2 Å². The molecule has 2 aromatic rings. The van der Waals surface area contributed by atoms with Crippen LogP contribution in [0.2, 0.25) is 0 Å². The monoisotopic (exact) mass is 391 g/mol. The maximum Gasteiger partial charge on any atom is 0.242 e. The van der Waals surface area contributed by atoms with Gasteiger partial charge in [0.2, 0.25) is 5.91 Å². The largest absolute Gasteiger partial charge is 0.493 e. The van der Waals surface area contributed by atoms with Crippen LogP contribution in [0, 0.1) is 0 Å². The number of fused-ring (bicyclic) bond motifs is 1. The average molecular weight is 392 g/mol. The van der Waals surface area contributed by atoms with E-state index in [9.17, 15) is 4.79 Å². The number of rotatable bonds is 6. The molecule has 1 saturated carbocycles. The summed E-state index contributed by atoms with van der Waals surface area (Å²) in [5.74, 6) is 1.21. The van der Waals surface area contributed by atoms with E-state index in [1.807, 2.05) is 18.2 Å². The minimum Gasteiger partial charge on any atom is -0.493 e. The molecule has 1 atom stereocenters. The van der Waals surface area contributed by atoms with Crippen LogP contribution in [0.3, 0.4) is 0 Å². The number of amides is 1. The molecule has 3 aliphatic rings. The van der Waals surface area contributed by atoms with Gasteiger partial charge in [-0.05, 0) is 35.6 Å². The number of ether oxygens (including phenoxy) is 1. The van der Waals surface area contributed by atoms with Gasteiger partial charge in [-0.15, -0.1) is 0 Å². The van der Waals surface area contributed by atoms with Crippen molar-refractivity contribution >= 4 is 5.91 Å². The van der Waals surface area contributed by atoms with Crippen molar-refractivity contribution in [2.45, 2.75) is 37.9 Å². The third kappa shape index (κ3) is 4.31. The number of benzene rings is 2. The van der Waals surface area contributed by atoms with Gasteiger partial charge in [-0.25, -0.2) is 0 Å². The van der Waals surface area contributed by atoms with Gasteiger partial charge in [0.05, 0.1) is 6.61 Å². The first-order valence-electron chi connectivity index (χ1n) is 10.8. The standard InChI is InChI=1S/C24H29N3O2/c28-24(25-21-7-8-21)23(19-4-2-1-3-5-19)27-13-11-26(12-14-27)17-18-6-9-22-20(16-18)10-15-29-22/h1-6,9,16,21,23H,7-8,10-15,17H2,(H,25,28)/t23-/m1/s1. The number of nitrogens with one attached hydrogen (secondary N) is 1. The number of carbonyl (C=O) groups is 1. The Morgan fingerprint density at radius 3 is 2.62 bits per heavy atom. The van der Waals surface area contributed by atoms with Crippen molar-refractivity contribution < 1.29 is 9.53 Å². The normalized spacial score (nSPS) is 20.7. The van der Waals surface area contributed by atoms with E-state index in [2.05, 4.69) is 45.4 Å². The van der Waals surface area contributed by atoms with Gasteiger partial charge < -0.3 is 10.1 Å². The molecule has 2 heterocycles. The summed E-state index contributed by atoms with van der Waals surface area (Å²) in [6.07, 6.45) is 3.26. The van der Waals surface area contributed by atoms with Gasteiger partial charge >= 0.3 is 0 Å². The van der Waals surface area contributed by atoms with E-state index in [4.69, 9.17) is 4.74 Å². The molecule has 1 aliphatic carbocycles. The number of piperazine rings is 1. The van der Waals surface area contributed by atoms with Gasteiger partial charge in [0.25, 0.3) is 0 Å². The Morgan fingerprint density at radius 2 is 1.86 bits per heavy atom. The number of carbonyl (C=O) groups excluding carboxylic acids is 1. The lowest BCUT2D eigenvalue weighted by Crippen LogP contribution is -2.50. The summed E-state index contributed by atoms with van der Waals surface area (Å²) in [5, 5.41) is 3.22. The summed E-state index contributed by atoms with van der Waals surface area (Å²) in [7, 11) is 0. The van der Waals surface area contributed by atoms with Gasteiger partial charge in [0, 0.05) is 45.2 Å². The fraction of sp³-hybridized carbons (Fsp3) is 0.458. The van der Waals surface area contributed by atoms with Gasteiger partial charge in [-0.1, -0.05) is 42.5 Å². The lowest BCUT2D eigenvalue weighted by molar-refractivity contribution is -0.127. The Kier molecular flexibility index (Phi) is 5.25. The van der Waals surface area contributed by atoms with Gasteiger partial charge in [-0.3, -0.25) is 14.6 Å². The van der Waals surface area contributed by atoms with Crippen molar-refractivity contribution in [3.63, 3.8) is 0 Å². The van der Waals surface area contributed by atoms with Crippen LogP contribution in [0.1, 0.15) is 35.6 Å². The molecule has 0 bridgehead atoms. The Morgan fingerprint density at radius 1 is 1.07 bits per heavy atom. The highest BCUT2D eigenvalue weighted by Crippen LogP contribution is 2.28. The van der Waals surface area contributed by atoms with Crippen molar-refractivity contribution in [2.24, 2.45) is 0 Å². The van der Waals surface area contributed by atoms with Crippen LogP contribution in [-0.4, -0.2) is 54.5 Å². The van der Waals surface area contributed by atoms with Crippen molar-refractivity contribution in [1.82, 2.24) is 15.1 Å². The third-order valence-corrected chi connectivity index (χ3v) is 6.22. The molecule has 0 unspecified atom stereocenters. The maximum absolute atomic E-state index is 13.0. The molecule has 29 heavy (non-hydrogen) atoms. The fourth-order valence-electron chi connectivity index (χ4n) is 4.45. The molecule has 5 nitrogen and oxygen atoms in total. The highest BCUT2D eigenvalue weighted by molar-refractivity contribution is 5.83. The predicted octanol–water partition coefficient (Wildman–Crippen LogP) is 2.76. The molecule has 2 aromatic carbocycles. The first kappa shape index (κ1) is 18.6. The van der Waals surface area contributed by atoms with E-state index < -0.39 is 0 Å². The predicted molar refractivity (Wildman–Crippen MR) is 113 cm³/mol. The van der Waals surface area contributed by atoms with E-state index in [0.29, 0.717) is 6.04 Å². The van der Waals surface area contributed by atoms with E-state index in [-0.39, 0.29) is 11.9 Å². The van der Waals surface area contributed by atoms with Crippen molar-refractivity contribution in [2.75, 3.05) is 32.8 Å². The summed E-state index contributed by atoms with van der Waals surface area (Å²) in [4.78, 5) is 17.8. The summed E-state index contributed by atoms with van der Waals surface area (Å²) in [6, 6.07) is 17.0. The van der Waals surface area contributed by atoms with Crippen LogP contribution >= 0.6 is 0 Å². The molecule has 152 valence electrons. The smallest absolute Gasteiger partial charge is 0.242 e. The topological polar surface area (TPSA) is 44.8 Å². The Bertz CT molecular complexity index is 858. The average Bonchev–Trinajstić information content (AvgIpc) is 3.43. The van der Waals surface area contributed by atoms with Gasteiger partial charge in [0.1, 0.15) is 11.8 Å². The van der Waals surface area contributed by atoms with Crippen molar-refractivity contribution in [1.29, 1.82) is 0 Å². The summed E-state index contributed by atoms with van der Waals surface area (Å²) in [5.41, 5.74) is 3.79. The number of nitrogens with zero attached hydrogens (tertiary/aromatic N) is 2. The van der Waals surface area contributed by atoms with E-state index in [1.54, 1.807) is 0 Å². The second kappa shape index (κ2) is 8.17. The van der Waals surface area contributed by atoms with Crippen LogP contribution < -0.4 is 10.1 Å². The van der Waals surface area contributed by atoms with Gasteiger partial charge in [0.15, 0.2) is 0 Å². The molecule has 5 heteroatoms. The van der Waals surface area contributed by atoms with Crippen LogP contribution in [-0.2, 0) is 17.8 Å². The third-order valence-electron chi connectivity index (χ3n) is 6.22. The highest BCUT2D eigenvalue weighted by Gasteiger charge is 2.33. The number of hydrogen-bond acceptors (Lipinski definition) is 4. The lowest BCUT2D eigenvalue weighted by Gasteiger charge is -2.39. The quantitative estimate of drug-likeness (QED) is 0.823. The van der Waals surface area contributed by atoms with E-state index in [0.717, 1.165) is 69.9 Å². The Hall–Kier alpha value is -2.37. The molecule has 2 aliphatic heterocycles. The zero-order valence-electron chi connectivity index (χ0n) is 16.8. The van der Waals surface area contributed by atoms with Crippen LogP contribution in [0.15, 0.2) is 48.5 Å². The van der Waals surface area contributed by atoms with Gasteiger partial charge in [-0.2, -0.15) is 0 Å². The summed E-state index contributed by atoms with van der Waals surface area (Å²) < 4.78 is 5.62. The zero-order valence-corrected chi connectivity index (χ0v) is 16.8. The lowest BCUT2D eigenvalue weighted by atomic mass is 10.0. The summed E-state index contributed by atoms with van der Waals surface area (Å²) >= 11 is 0. The second-order valence-electron chi connectivity index (χ2n) is 8.45. The molecule has 0 aromatic heterocycles. The summed E-state index contributed by atoms with van der Waals surface area (Å²) in [6.45, 7) is 5.55. The molecule has 5 rings (SSSR count). The SMILES string of the molecule is O=C(NC1CC1)[C@@H](c1ccccc1)N1CCN(Cc2ccc3c(c2)CCO3)CC1. The minimum atomic E-state index is -0.184.